The second-order valence-electron chi connectivity index (χ2n) is 5.07. The molecule has 0 saturated heterocycles. The largest absolute Gasteiger partial charge is 0.462 e. The SMILES string of the molecule is CCOC(=O)c1cnc2c(C)c(Cl)ccc2c1NC[C@H](C)O. The van der Waals surface area contributed by atoms with E-state index in [2.05, 4.69) is 10.3 Å². The van der Waals surface area contributed by atoms with Crippen molar-refractivity contribution >= 4 is 34.2 Å². The van der Waals surface area contributed by atoms with E-state index in [0.717, 1.165) is 10.9 Å². The topological polar surface area (TPSA) is 71.5 Å². The van der Waals surface area contributed by atoms with Crippen LogP contribution in [0.4, 0.5) is 5.69 Å². The molecule has 0 aliphatic heterocycles. The number of hydrogen-bond donors (Lipinski definition) is 2. The number of hydrogen-bond acceptors (Lipinski definition) is 5. The van der Waals surface area contributed by atoms with Crippen molar-refractivity contribution in [1.82, 2.24) is 4.98 Å². The maximum atomic E-state index is 12.1. The van der Waals surface area contributed by atoms with Gasteiger partial charge in [0, 0.05) is 23.2 Å². The molecule has 0 spiro atoms. The number of aliphatic hydroxyl groups excluding tert-OH is 1. The average Bonchev–Trinajstić information content (AvgIpc) is 2.48. The summed E-state index contributed by atoms with van der Waals surface area (Å²) in [6.07, 6.45) is 0.931. The Morgan fingerprint density at radius 3 is 2.86 bits per heavy atom. The second-order valence-corrected chi connectivity index (χ2v) is 5.47. The van der Waals surface area contributed by atoms with Gasteiger partial charge in [0.2, 0.25) is 0 Å². The molecule has 0 aliphatic carbocycles. The number of ether oxygens (including phenoxy) is 1. The van der Waals surface area contributed by atoms with Gasteiger partial charge in [-0.2, -0.15) is 0 Å². The first kappa shape index (κ1) is 16.5. The van der Waals surface area contributed by atoms with Gasteiger partial charge >= 0.3 is 5.97 Å². The monoisotopic (exact) mass is 322 g/mol. The zero-order valence-corrected chi connectivity index (χ0v) is 13.6. The molecule has 0 bridgehead atoms. The quantitative estimate of drug-likeness (QED) is 0.827. The third kappa shape index (κ3) is 3.31. The minimum atomic E-state index is -0.549. The maximum absolute atomic E-state index is 12.1. The van der Waals surface area contributed by atoms with Gasteiger partial charge in [0.05, 0.1) is 23.9 Å². The molecule has 1 heterocycles. The molecule has 0 amide bonds. The van der Waals surface area contributed by atoms with Crippen LogP contribution in [0, 0.1) is 6.92 Å². The van der Waals surface area contributed by atoms with E-state index in [1.54, 1.807) is 19.9 Å². The van der Waals surface area contributed by atoms with Crippen LogP contribution in [0.25, 0.3) is 10.9 Å². The van der Waals surface area contributed by atoms with E-state index in [9.17, 15) is 9.90 Å². The standard InChI is InChI=1S/C16H19ClN2O3/c1-4-22-16(21)12-8-19-14-10(3)13(17)6-5-11(14)15(12)18-7-9(2)20/h5-6,8-9,20H,4,7H2,1-3H3,(H,18,19)/t9-/m0/s1. The number of halogens is 1. The second kappa shape index (κ2) is 6.94. The van der Waals surface area contributed by atoms with Crippen LogP contribution in [0.5, 0.6) is 0 Å². The number of aryl methyl sites for hydroxylation is 1. The molecule has 2 N–H and O–H groups in total. The number of aliphatic hydroxyl groups is 1. The summed E-state index contributed by atoms with van der Waals surface area (Å²) in [5.74, 6) is -0.447. The molecule has 0 aliphatic rings. The van der Waals surface area contributed by atoms with Crippen molar-refractivity contribution in [3.63, 3.8) is 0 Å². The summed E-state index contributed by atoms with van der Waals surface area (Å²) in [5.41, 5.74) is 2.50. The molecule has 0 unspecified atom stereocenters. The highest BCUT2D eigenvalue weighted by molar-refractivity contribution is 6.32. The highest BCUT2D eigenvalue weighted by atomic mass is 35.5. The first-order valence-electron chi connectivity index (χ1n) is 7.12. The lowest BCUT2D eigenvalue weighted by molar-refractivity contribution is 0.0527. The lowest BCUT2D eigenvalue weighted by Gasteiger charge is -2.16. The third-order valence-corrected chi connectivity index (χ3v) is 3.71. The predicted octanol–water partition coefficient (Wildman–Crippen LogP) is 3.17. The Hall–Kier alpha value is -1.85. The molecule has 1 aromatic heterocycles. The van der Waals surface area contributed by atoms with Crippen LogP contribution in [0.3, 0.4) is 0 Å². The predicted molar refractivity (Wildman–Crippen MR) is 87.6 cm³/mol. The van der Waals surface area contributed by atoms with Gasteiger partial charge in [-0.1, -0.05) is 11.6 Å². The number of benzene rings is 1. The summed E-state index contributed by atoms with van der Waals surface area (Å²) < 4.78 is 5.07. The molecule has 1 aromatic carbocycles. The number of nitrogens with zero attached hydrogens (tertiary/aromatic N) is 1. The van der Waals surface area contributed by atoms with Crippen molar-refractivity contribution < 1.29 is 14.6 Å². The Balaban J connectivity index is 2.61. The zero-order chi connectivity index (χ0) is 16.3. The van der Waals surface area contributed by atoms with E-state index in [1.807, 2.05) is 13.0 Å². The lowest BCUT2D eigenvalue weighted by Crippen LogP contribution is -2.18. The Morgan fingerprint density at radius 2 is 2.23 bits per heavy atom. The fourth-order valence-corrected chi connectivity index (χ4v) is 2.34. The highest BCUT2D eigenvalue weighted by Crippen LogP contribution is 2.31. The van der Waals surface area contributed by atoms with Crippen LogP contribution in [0.15, 0.2) is 18.3 Å². The summed E-state index contributed by atoms with van der Waals surface area (Å²) in [4.78, 5) is 16.5. The molecule has 5 nitrogen and oxygen atoms in total. The van der Waals surface area contributed by atoms with Gasteiger partial charge in [0.1, 0.15) is 5.56 Å². The van der Waals surface area contributed by atoms with Gasteiger partial charge in [-0.15, -0.1) is 0 Å². The molecule has 2 rings (SSSR count). The maximum Gasteiger partial charge on any atom is 0.341 e. The van der Waals surface area contributed by atoms with Crippen molar-refractivity contribution in [2.24, 2.45) is 0 Å². The molecule has 2 aromatic rings. The Labute approximate surface area is 134 Å². The summed E-state index contributed by atoms with van der Waals surface area (Å²) >= 11 is 6.13. The number of anilines is 1. The number of carbonyl (C=O) groups excluding carboxylic acids is 1. The number of aromatic nitrogens is 1. The number of carbonyl (C=O) groups is 1. The Kier molecular flexibility index (Phi) is 5.21. The van der Waals surface area contributed by atoms with Crippen molar-refractivity contribution in [2.75, 3.05) is 18.5 Å². The van der Waals surface area contributed by atoms with E-state index in [1.165, 1.54) is 6.20 Å². The molecular weight excluding hydrogens is 304 g/mol. The summed E-state index contributed by atoms with van der Waals surface area (Å²) in [6.45, 7) is 5.89. The first-order chi connectivity index (χ1) is 10.5. The summed E-state index contributed by atoms with van der Waals surface area (Å²) in [7, 11) is 0. The average molecular weight is 323 g/mol. The zero-order valence-electron chi connectivity index (χ0n) is 12.8. The lowest BCUT2D eigenvalue weighted by atomic mass is 10.1. The number of esters is 1. The molecule has 1 atom stereocenters. The normalized spacial score (nSPS) is 12.2. The smallest absolute Gasteiger partial charge is 0.341 e. The van der Waals surface area contributed by atoms with Crippen LogP contribution < -0.4 is 5.32 Å². The Morgan fingerprint density at radius 1 is 1.50 bits per heavy atom. The van der Waals surface area contributed by atoms with Crippen molar-refractivity contribution in [1.29, 1.82) is 0 Å². The molecule has 0 fully saturated rings. The van der Waals surface area contributed by atoms with Crippen LogP contribution in [0.2, 0.25) is 5.02 Å². The van der Waals surface area contributed by atoms with E-state index in [0.29, 0.717) is 28.3 Å². The molecule has 0 saturated carbocycles. The number of pyridine rings is 1. The van der Waals surface area contributed by atoms with Crippen LogP contribution >= 0.6 is 11.6 Å². The van der Waals surface area contributed by atoms with E-state index < -0.39 is 12.1 Å². The van der Waals surface area contributed by atoms with E-state index in [-0.39, 0.29) is 6.61 Å². The highest BCUT2D eigenvalue weighted by Gasteiger charge is 2.18. The van der Waals surface area contributed by atoms with Crippen LogP contribution in [-0.2, 0) is 4.74 Å². The van der Waals surface area contributed by atoms with Crippen LogP contribution in [-0.4, -0.2) is 35.3 Å². The van der Waals surface area contributed by atoms with E-state index in [4.69, 9.17) is 16.3 Å². The van der Waals surface area contributed by atoms with Crippen molar-refractivity contribution in [3.8, 4) is 0 Å². The minimum Gasteiger partial charge on any atom is -0.462 e. The fourth-order valence-electron chi connectivity index (χ4n) is 2.19. The molecular formula is C16H19ClN2O3. The number of nitrogens with one attached hydrogen (secondary N) is 1. The van der Waals surface area contributed by atoms with Gasteiger partial charge in [0.25, 0.3) is 0 Å². The molecule has 118 valence electrons. The van der Waals surface area contributed by atoms with Gasteiger partial charge in [-0.05, 0) is 38.5 Å². The van der Waals surface area contributed by atoms with Crippen LogP contribution in [0.1, 0.15) is 29.8 Å². The first-order valence-corrected chi connectivity index (χ1v) is 7.50. The fraction of sp³-hybridized carbons (Fsp3) is 0.375. The van der Waals surface area contributed by atoms with E-state index >= 15 is 0 Å². The van der Waals surface area contributed by atoms with Gasteiger partial charge < -0.3 is 15.2 Å². The van der Waals surface area contributed by atoms with Crippen molar-refractivity contribution in [3.05, 3.63) is 34.5 Å². The van der Waals surface area contributed by atoms with Gasteiger partial charge in [0.15, 0.2) is 0 Å². The van der Waals surface area contributed by atoms with Gasteiger partial charge in [-0.3, -0.25) is 4.98 Å². The van der Waals surface area contributed by atoms with Gasteiger partial charge in [-0.25, -0.2) is 4.79 Å². The minimum absolute atomic E-state index is 0.284. The van der Waals surface area contributed by atoms with Crippen molar-refractivity contribution in [2.45, 2.75) is 26.9 Å². The molecule has 22 heavy (non-hydrogen) atoms. The number of rotatable bonds is 5. The Bertz CT molecular complexity index is 701. The summed E-state index contributed by atoms with van der Waals surface area (Å²) in [5, 5.41) is 14.0. The third-order valence-electron chi connectivity index (χ3n) is 3.30. The molecule has 6 heteroatoms. The number of fused-ring (bicyclic) bond motifs is 1. The summed E-state index contributed by atoms with van der Waals surface area (Å²) in [6, 6.07) is 3.58. The molecule has 0 radical (unpaired) electrons.